The summed E-state index contributed by atoms with van der Waals surface area (Å²) in [6.07, 6.45) is 8.16. The van der Waals surface area contributed by atoms with Crippen LogP contribution in [0.3, 0.4) is 0 Å². The van der Waals surface area contributed by atoms with E-state index in [2.05, 4.69) is 5.32 Å². The van der Waals surface area contributed by atoms with Crippen molar-refractivity contribution in [1.29, 1.82) is 0 Å². The minimum Gasteiger partial charge on any atom is -0.393 e. The largest absolute Gasteiger partial charge is 0.393 e. The van der Waals surface area contributed by atoms with Gasteiger partial charge in [-0.2, -0.15) is 0 Å². The highest BCUT2D eigenvalue weighted by Gasteiger charge is 2.22. The summed E-state index contributed by atoms with van der Waals surface area (Å²) in [5.74, 6) is 0.414. The van der Waals surface area contributed by atoms with Gasteiger partial charge in [-0.1, -0.05) is 12.8 Å². The molecular formula is C15H24N2O2. The summed E-state index contributed by atoms with van der Waals surface area (Å²) in [6, 6.07) is 3.69. The molecule has 2 rings (SSSR count). The quantitative estimate of drug-likeness (QED) is 0.800. The van der Waals surface area contributed by atoms with Crippen LogP contribution in [0.25, 0.3) is 0 Å². The molecule has 1 heterocycles. The molecule has 2 unspecified atom stereocenters. The molecule has 0 bridgehead atoms. The number of aryl methyl sites for hydroxylation is 1. The van der Waals surface area contributed by atoms with Crippen molar-refractivity contribution in [2.24, 2.45) is 13.0 Å². The number of carbonyl (C=O) groups is 1. The molecule has 0 spiro atoms. The molecule has 1 saturated carbocycles. The molecule has 0 radical (unpaired) electrons. The van der Waals surface area contributed by atoms with E-state index >= 15 is 0 Å². The predicted molar refractivity (Wildman–Crippen MR) is 74.9 cm³/mol. The third-order valence-corrected chi connectivity index (χ3v) is 4.08. The topological polar surface area (TPSA) is 54.3 Å². The molecule has 1 aromatic heterocycles. The van der Waals surface area contributed by atoms with Gasteiger partial charge in [0.15, 0.2) is 0 Å². The molecule has 106 valence electrons. The molecule has 1 aliphatic carbocycles. The third-order valence-electron chi connectivity index (χ3n) is 4.08. The Morgan fingerprint density at radius 3 is 2.95 bits per heavy atom. The van der Waals surface area contributed by atoms with E-state index in [1.165, 1.54) is 6.42 Å². The smallest absolute Gasteiger partial charge is 0.267 e. The van der Waals surface area contributed by atoms with Crippen LogP contribution < -0.4 is 5.32 Å². The summed E-state index contributed by atoms with van der Waals surface area (Å²) in [6.45, 7) is 0.688. The van der Waals surface area contributed by atoms with E-state index in [0.29, 0.717) is 18.2 Å². The second-order valence-corrected chi connectivity index (χ2v) is 5.51. The van der Waals surface area contributed by atoms with Crippen molar-refractivity contribution in [3.63, 3.8) is 0 Å². The van der Waals surface area contributed by atoms with E-state index in [1.54, 1.807) is 0 Å². The SMILES string of the molecule is Cn1cccc1C(=O)NCCCC1CCCCC1O. The van der Waals surface area contributed by atoms with Gasteiger partial charge in [0.05, 0.1) is 6.10 Å². The Kier molecular flexibility index (Phi) is 5.02. The van der Waals surface area contributed by atoms with Crippen molar-refractivity contribution in [3.8, 4) is 0 Å². The molecular weight excluding hydrogens is 240 g/mol. The van der Waals surface area contributed by atoms with Gasteiger partial charge in [0.1, 0.15) is 5.69 Å². The summed E-state index contributed by atoms with van der Waals surface area (Å²) in [5.41, 5.74) is 0.692. The van der Waals surface area contributed by atoms with E-state index in [1.807, 2.05) is 29.9 Å². The van der Waals surface area contributed by atoms with E-state index in [4.69, 9.17) is 0 Å². The molecule has 1 aliphatic rings. The molecule has 0 aromatic carbocycles. The number of amides is 1. The van der Waals surface area contributed by atoms with Crippen LogP contribution >= 0.6 is 0 Å². The normalized spacial score (nSPS) is 23.3. The zero-order valence-electron chi connectivity index (χ0n) is 11.6. The average Bonchev–Trinajstić information content (AvgIpc) is 2.82. The zero-order valence-corrected chi connectivity index (χ0v) is 11.6. The lowest BCUT2D eigenvalue weighted by atomic mass is 9.83. The van der Waals surface area contributed by atoms with Crippen molar-refractivity contribution in [3.05, 3.63) is 24.0 Å². The van der Waals surface area contributed by atoms with Gasteiger partial charge >= 0.3 is 0 Å². The summed E-state index contributed by atoms with van der Waals surface area (Å²) in [4.78, 5) is 11.9. The number of nitrogens with one attached hydrogen (secondary N) is 1. The van der Waals surface area contributed by atoms with Crippen LogP contribution in [0.2, 0.25) is 0 Å². The first-order valence-electron chi connectivity index (χ1n) is 7.26. The van der Waals surface area contributed by atoms with Crippen LogP contribution in [-0.2, 0) is 7.05 Å². The van der Waals surface area contributed by atoms with Crippen LogP contribution in [0.5, 0.6) is 0 Å². The van der Waals surface area contributed by atoms with Crippen LogP contribution in [0, 0.1) is 5.92 Å². The Labute approximate surface area is 114 Å². The molecule has 1 fully saturated rings. The minimum absolute atomic E-state index is 0.0170. The Hall–Kier alpha value is -1.29. The van der Waals surface area contributed by atoms with Gasteiger partial charge < -0.3 is 15.0 Å². The van der Waals surface area contributed by atoms with Crippen LogP contribution in [-0.4, -0.2) is 28.2 Å². The first-order valence-corrected chi connectivity index (χ1v) is 7.26. The van der Waals surface area contributed by atoms with Crippen molar-refractivity contribution < 1.29 is 9.90 Å². The Bertz CT molecular complexity index is 414. The number of rotatable bonds is 5. The summed E-state index contributed by atoms with van der Waals surface area (Å²) < 4.78 is 1.82. The molecule has 1 amide bonds. The fourth-order valence-electron chi connectivity index (χ4n) is 2.88. The summed E-state index contributed by atoms with van der Waals surface area (Å²) in [5, 5.41) is 12.8. The number of hydrogen-bond acceptors (Lipinski definition) is 2. The lowest BCUT2D eigenvalue weighted by Gasteiger charge is -2.27. The molecule has 2 N–H and O–H groups in total. The zero-order chi connectivity index (χ0) is 13.7. The van der Waals surface area contributed by atoms with E-state index in [0.717, 1.165) is 32.1 Å². The van der Waals surface area contributed by atoms with Crippen LogP contribution in [0.15, 0.2) is 18.3 Å². The number of carbonyl (C=O) groups excluding carboxylic acids is 1. The molecule has 19 heavy (non-hydrogen) atoms. The van der Waals surface area contributed by atoms with Gasteiger partial charge in [-0.05, 0) is 43.7 Å². The van der Waals surface area contributed by atoms with Crippen LogP contribution in [0.1, 0.15) is 49.0 Å². The molecule has 0 aliphatic heterocycles. The van der Waals surface area contributed by atoms with E-state index in [9.17, 15) is 9.90 Å². The van der Waals surface area contributed by atoms with Crippen molar-refractivity contribution in [1.82, 2.24) is 9.88 Å². The standard InChI is InChI=1S/C15H24N2O2/c1-17-11-5-8-13(17)15(19)16-10-4-7-12-6-2-3-9-14(12)18/h5,8,11-12,14,18H,2-4,6-7,9-10H2,1H3,(H,16,19). The molecule has 1 aromatic rings. The Balaban J connectivity index is 1.67. The second-order valence-electron chi connectivity index (χ2n) is 5.51. The van der Waals surface area contributed by atoms with E-state index in [-0.39, 0.29) is 12.0 Å². The highest BCUT2D eigenvalue weighted by atomic mass is 16.3. The highest BCUT2D eigenvalue weighted by Crippen LogP contribution is 2.27. The third kappa shape index (κ3) is 3.83. The first-order chi connectivity index (χ1) is 9.18. The summed E-state index contributed by atoms with van der Waals surface area (Å²) in [7, 11) is 1.87. The fourth-order valence-corrected chi connectivity index (χ4v) is 2.88. The highest BCUT2D eigenvalue weighted by molar-refractivity contribution is 5.92. The number of nitrogens with zero attached hydrogens (tertiary/aromatic N) is 1. The fraction of sp³-hybridized carbons (Fsp3) is 0.667. The minimum atomic E-state index is -0.127. The lowest BCUT2D eigenvalue weighted by Crippen LogP contribution is -2.28. The maximum absolute atomic E-state index is 11.9. The number of aliphatic hydroxyl groups is 1. The first kappa shape index (κ1) is 14.1. The average molecular weight is 264 g/mol. The van der Waals surface area contributed by atoms with E-state index < -0.39 is 0 Å². The van der Waals surface area contributed by atoms with Gasteiger partial charge in [-0.15, -0.1) is 0 Å². The Morgan fingerprint density at radius 2 is 2.26 bits per heavy atom. The monoisotopic (exact) mass is 264 g/mol. The Morgan fingerprint density at radius 1 is 1.47 bits per heavy atom. The van der Waals surface area contributed by atoms with Gasteiger partial charge in [0.25, 0.3) is 5.91 Å². The molecule has 0 saturated heterocycles. The van der Waals surface area contributed by atoms with Gasteiger partial charge in [-0.3, -0.25) is 4.79 Å². The number of aromatic nitrogens is 1. The predicted octanol–water partition coefficient (Wildman–Crippen LogP) is 2.09. The van der Waals surface area contributed by atoms with Gasteiger partial charge in [-0.25, -0.2) is 0 Å². The van der Waals surface area contributed by atoms with Gasteiger partial charge in [0, 0.05) is 19.8 Å². The van der Waals surface area contributed by atoms with Crippen molar-refractivity contribution in [2.75, 3.05) is 6.54 Å². The molecule has 4 nitrogen and oxygen atoms in total. The maximum Gasteiger partial charge on any atom is 0.267 e. The van der Waals surface area contributed by atoms with Crippen LogP contribution in [0.4, 0.5) is 0 Å². The second kappa shape index (κ2) is 6.75. The van der Waals surface area contributed by atoms with Crippen molar-refractivity contribution in [2.45, 2.75) is 44.6 Å². The van der Waals surface area contributed by atoms with Crippen molar-refractivity contribution >= 4 is 5.91 Å². The molecule has 2 atom stereocenters. The molecule has 4 heteroatoms. The van der Waals surface area contributed by atoms with Gasteiger partial charge in [0.2, 0.25) is 0 Å². The summed E-state index contributed by atoms with van der Waals surface area (Å²) >= 11 is 0. The number of hydrogen-bond donors (Lipinski definition) is 2. The lowest BCUT2D eigenvalue weighted by molar-refractivity contribution is 0.0641. The number of aliphatic hydroxyl groups excluding tert-OH is 1. The maximum atomic E-state index is 11.9.